The zero-order valence-electron chi connectivity index (χ0n) is 10.4. The van der Waals surface area contributed by atoms with E-state index in [-0.39, 0.29) is 12.1 Å². The van der Waals surface area contributed by atoms with Crippen molar-refractivity contribution in [2.75, 3.05) is 7.05 Å². The zero-order valence-corrected chi connectivity index (χ0v) is 10.4. The Morgan fingerprint density at radius 2 is 2.00 bits per heavy atom. The Bertz CT molecular complexity index is 283. The van der Waals surface area contributed by atoms with E-state index < -0.39 is 18.0 Å². The van der Waals surface area contributed by atoms with Gasteiger partial charge in [0.25, 0.3) is 5.91 Å². The Labute approximate surface area is 101 Å². The predicted molar refractivity (Wildman–Crippen MR) is 63.4 cm³/mol. The number of carbonyl (C=O) groups excluding carboxylic acids is 2. The summed E-state index contributed by atoms with van der Waals surface area (Å²) in [7, 11) is 1.45. The van der Waals surface area contributed by atoms with Gasteiger partial charge in [-0.3, -0.25) is 10.1 Å². The topological polar surface area (TPSA) is 93.5 Å². The van der Waals surface area contributed by atoms with Gasteiger partial charge in [-0.25, -0.2) is 4.79 Å². The quantitative estimate of drug-likeness (QED) is 0.656. The van der Waals surface area contributed by atoms with Crippen LogP contribution in [0.5, 0.6) is 0 Å². The summed E-state index contributed by atoms with van der Waals surface area (Å²) in [5, 5.41) is 4.49. The van der Waals surface area contributed by atoms with E-state index in [1.807, 2.05) is 0 Å². The highest BCUT2D eigenvalue weighted by Gasteiger charge is 2.27. The summed E-state index contributed by atoms with van der Waals surface area (Å²) in [6.45, 7) is 1.62. The molecule has 0 radical (unpaired) electrons. The minimum absolute atomic E-state index is 0.0148. The van der Waals surface area contributed by atoms with Crippen molar-refractivity contribution in [3.63, 3.8) is 0 Å². The maximum absolute atomic E-state index is 11.6. The van der Waals surface area contributed by atoms with Crippen molar-refractivity contribution in [1.82, 2.24) is 10.6 Å². The molecule has 6 nitrogen and oxygen atoms in total. The molecule has 17 heavy (non-hydrogen) atoms. The largest absolute Gasteiger partial charge is 0.364 e. The molecule has 98 valence electrons. The Balaban J connectivity index is 2.39. The van der Waals surface area contributed by atoms with Crippen molar-refractivity contribution in [1.29, 1.82) is 0 Å². The SMILES string of the molecule is CNC(=O)NC(=O)C(C)OC1CCCCC1N. The minimum Gasteiger partial charge on any atom is -0.364 e. The van der Waals surface area contributed by atoms with Crippen molar-refractivity contribution in [3.05, 3.63) is 0 Å². The summed E-state index contributed by atoms with van der Waals surface area (Å²) >= 11 is 0. The second-order valence-electron chi connectivity index (χ2n) is 4.33. The number of imide groups is 1. The van der Waals surface area contributed by atoms with Gasteiger partial charge in [0.2, 0.25) is 0 Å². The van der Waals surface area contributed by atoms with Crippen LogP contribution >= 0.6 is 0 Å². The fourth-order valence-corrected chi connectivity index (χ4v) is 1.89. The molecular formula is C11H21N3O3. The van der Waals surface area contributed by atoms with Crippen LogP contribution in [-0.2, 0) is 9.53 Å². The lowest BCUT2D eigenvalue weighted by molar-refractivity contribution is -0.136. The molecule has 0 saturated heterocycles. The number of nitrogens with two attached hydrogens (primary N) is 1. The fraction of sp³-hybridized carbons (Fsp3) is 0.818. The molecule has 1 aliphatic carbocycles. The van der Waals surface area contributed by atoms with Crippen molar-refractivity contribution in [2.45, 2.75) is 50.9 Å². The Hall–Kier alpha value is -1.14. The third-order valence-electron chi connectivity index (χ3n) is 2.97. The van der Waals surface area contributed by atoms with E-state index in [0.29, 0.717) is 0 Å². The molecule has 3 unspecified atom stereocenters. The Kier molecular flexibility index (Phi) is 5.37. The average Bonchev–Trinajstić information content (AvgIpc) is 2.31. The van der Waals surface area contributed by atoms with E-state index in [1.165, 1.54) is 7.05 Å². The van der Waals surface area contributed by atoms with E-state index in [4.69, 9.17) is 10.5 Å². The average molecular weight is 243 g/mol. The number of hydrogen-bond acceptors (Lipinski definition) is 4. The lowest BCUT2D eigenvalue weighted by Gasteiger charge is -2.30. The van der Waals surface area contributed by atoms with Crippen LogP contribution in [0.4, 0.5) is 4.79 Å². The molecule has 0 aromatic heterocycles. The standard InChI is InChI=1S/C11H21N3O3/c1-7(10(15)14-11(16)13-2)17-9-6-4-3-5-8(9)12/h7-9H,3-6,12H2,1-2H3,(H2,13,14,15,16). The molecule has 1 aliphatic rings. The number of nitrogens with one attached hydrogen (secondary N) is 2. The Morgan fingerprint density at radius 1 is 1.35 bits per heavy atom. The smallest absolute Gasteiger partial charge is 0.321 e. The van der Waals surface area contributed by atoms with Crippen LogP contribution in [0.25, 0.3) is 0 Å². The van der Waals surface area contributed by atoms with Crippen LogP contribution in [0.1, 0.15) is 32.6 Å². The summed E-state index contributed by atoms with van der Waals surface area (Å²) < 4.78 is 5.59. The van der Waals surface area contributed by atoms with Gasteiger partial charge in [-0.15, -0.1) is 0 Å². The molecule has 1 saturated carbocycles. The van der Waals surface area contributed by atoms with Gasteiger partial charge in [0.15, 0.2) is 0 Å². The number of amides is 3. The first-order valence-electron chi connectivity index (χ1n) is 5.98. The first kappa shape index (κ1) is 13.9. The monoisotopic (exact) mass is 243 g/mol. The molecule has 0 aromatic carbocycles. The molecule has 1 fully saturated rings. The second-order valence-corrected chi connectivity index (χ2v) is 4.33. The van der Waals surface area contributed by atoms with Gasteiger partial charge >= 0.3 is 6.03 Å². The van der Waals surface area contributed by atoms with Crippen LogP contribution < -0.4 is 16.4 Å². The third-order valence-corrected chi connectivity index (χ3v) is 2.97. The highest BCUT2D eigenvalue weighted by molar-refractivity contribution is 5.96. The molecule has 0 heterocycles. The maximum atomic E-state index is 11.6. The molecule has 0 bridgehead atoms. The first-order chi connectivity index (χ1) is 8.04. The number of ether oxygens (including phenoxy) is 1. The highest BCUT2D eigenvalue weighted by Crippen LogP contribution is 2.20. The van der Waals surface area contributed by atoms with Gasteiger partial charge in [0, 0.05) is 13.1 Å². The van der Waals surface area contributed by atoms with Crippen LogP contribution in [0.2, 0.25) is 0 Å². The summed E-state index contributed by atoms with van der Waals surface area (Å²) in [6, 6.07) is -0.544. The van der Waals surface area contributed by atoms with E-state index in [0.717, 1.165) is 25.7 Å². The van der Waals surface area contributed by atoms with E-state index in [2.05, 4.69) is 10.6 Å². The van der Waals surface area contributed by atoms with Crippen LogP contribution in [0, 0.1) is 0 Å². The Morgan fingerprint density at radius 3 is 2.59 bits per heavy atom. The number of rotatable bonds is 3. The number of urea groups is 1. The van der Waals surface area contributed by atoms with Crippen LogP contribution in [0.15, 0.2) is 0 Å². The summed E-state index contributed by atoms with van der Waals surface area (Å²) in [4.78, 5) is 22.5. The van der Waals surface area contributed by atoms with Crippen molar-refractivity contribution >= 4 is 11.9 Å². The molecule has 1 rings (SSSR count). The first-order valence-corrected chi connectivity index (χ1v) is 5.98. The van der Waals surface area contributed by atoms with E-state index in [1.54, 1.807) is 6.92 Å². The van der Waals surface area contributed by atoms with E-state index in [9.17, 15) is 9.59 Å². The normalized spacial score (nSPS) is 26.1. The van der Waals surface area contributed by atoms with Gasteiger partial charge in [-0.1, -0.05) is 12.8 Å². The summed E-state index contributed by atoms with van der Waals surface area (Å²) in [5.41, 5.74) is 5.92. The van der Waals surface area contributed by atoms with Gasteiger partial charge in [-0.05, 0) is 19.8 Å². The lowest BCUT2D eigenvalue weighted by Crippen LogP contribution is -2.47. The van der Waals surface area contributed by atoms with Crippen molar-refractivity contribution < 1.29 is 14.3 Å². The van der Waals surface area contributed by atoms with Crippen molar-refractivity contribution in [2.24, 2.45) is 5.73 Å². The zero-order chi connectivity index (χ0) is 12.8. The third kappa shape index (κ3) is 4.32. The molecule has 0 spiro atoms. The molecule has 4 N–H and O–H groups in total. The predicted octanol–water partition coefficient (Wildman–Crippen LogP) is 0.117. The molecule has 3 amide bonds. The fourth-order valence-electron chi connectivity index (χ4n) is 1.89. The summed E-state index contributed by atoms with van der Waals surface area (Å²) in [6.07, 6.45) is 3.23. The van der Waals surface area contributed by atoms with E-state index >= 15 is 0 Å². The second kappa shape index (κ2) is 6.56. The van der Waals surface area contributed by atoms with Gasteiger partial charge in [0.1, 0.15) is 6.10 Å². The minimum atomic E-state index is -0.665. The molecule has 0 aromatic rings. The van der Waals surface area contributed by atoms with Crippen molar-refractivity contribution in [3.8, 4) is 0 Å². The van der Waals surface area contributed by atoms with Crippen LogP contribution in [-0.4, -0.2) is 37.2 Å². The molecule has 0 aliphatic heterocycles. The molecular weight excluding hydrogens is 222 g/mol. The molecule has 6 heteroatoms. The molecule has 3 atom stereocenters. The van der Waals surface area contributed by atoms with Gasteiger partial charge < -0.3 is 15.8 Å². The lowest BCUT2D eigenvalue weighted by atomic mass is 9.93. The number of hydrogen-bond donors (Lipinski definition) is 3. The summed E-state index contributed by atoms with van der Waals surface area (Å²) in [5.74, 6) is -0.442. The van der Waals surface area contributed by atoms with Crippen LogP contribution in [0.3, 0.4) is 0 Å². The van der Waals surface area contributed by atoms with Gasteiger partial charge in [-0.2, -0.15) is 0 Å². The highest BCUT2D eigenvalue weighted by atomic mass is 16.5. The number of carbonyl (C=O) groups is 2. The van der Waals surface area contributed by atoms with Gasteiger partial charge in [0.05, 0.1) is 6.10 Å². The maximum Gasteiger partial charge on any atom is 0.321 e.